The van der Waals surface area contributed by atoms with Crippen molar-refractivity contribution in [2.24, 2.45) is 0 Å². The van der Waals surface area contributed by atoms with E-state index >= 15 is 0 Å². The second kappa shape index (κ2) is 7.66. The summed E-state index contributed by atoms with van der Waals surface area (Å²) in [6, 6.07) is 9.42. The van der Waals surface area contributed by atoms with Crippen LogP contribution in [0, 0.1) is 6.92 Å². The van der Waals surface area contributed by atoms with E-state index in [1.807, 2.05) is 37.3 Å². The third kappa shape index (κ3) is 3.25. The number of hydrogen-bond acceptors (Lipinski definition) is 6. The first-order chi connectivity index (χ1) is 13.6. The zero-order chi connectivity index (χ0) is 19.7. The molecule has 2 aromatic carbocycles. The Balaban J connectivity index is 1.66. The fourth-order valence-electron chi connectivity index (χ4n) is 3.59. The zero-order valence-electron chi connectivity index (χ0n) is 16.3. The summed E-state index contributed by atoms with van der Waals surface area (Å²) < 4.78 is 22.4. The average Bonchev–Trinajstić information content (AvgIpc) is 3.03. The lowest BCUT2D eigenvalue weighted by Crippen LogP contribution is -2.34. The highest BCUT2D eigenvalue weighted by atomic mass is 16.5. The summed E-state index contributed by atoms with van der Waals surface area (Å²) in [6.07, 6.45) is 1.73. The van der Waals surface area contributed by atoms with E-state index in [0.29, 0.717) is 42.7 Å². The van der Waals surface area contributed by atoms with Crippen molar-refractivity contribution in [3.63, 3.8) is 0 Å². The molecule has 146 valence electrons. The van der Waals surface area contributed by atoms with Gasteiger partial charge >= 0.3 is 0 Å². The first kappa shape index (κ1) is 18.5. The number of nitrogens with zero attached hydrogens (tertiary/aromatic N) is 1. The lowest BCUT2D eigenvalue weighted by atomic mass is 10.00. The monoisotopic (exact) mass is 381 g/mol. The van der Waals surface area contributed by atoms with E-state index in [9.17, 15) is 4.79 Å². The van der Waals surface area contributed by atoms with Crippen LogP contribution in [0.3, 0.4) is 0 Å². The molecule has 6 nitrogen and oxygen atoms in total. The van der Waals surface area contributed by atoms with Crippen molar-refractivity contribution in [2.75, 3.05) is 34.1 Å². The number of fused-ring (bicyclic) bond motifs is 2. The molecule has 0 aromatic heterocycles. The van der Waals surface area contributed by atoms with E-state index in [4.69, 9.17) is 18.9 Å². The highest BCUT2D eigenvalue weighted by Gasteiger charge is 2.33. The minimum absolute atomic E-state index is 0.124. The zero-order valence-corrected chi connectivity index (χ0v) is 16.3. The normalized spacial score (nSPS) is 17.1. The van der Waals surface area contributed by atoms with Gasteiger partial charge in [0.1, 0.15) is 24.0 Å². The summed E-state index contributed by atoms with van der Waals surface area (Å²) in [5.74, 6) is 2.24. The molecule has 28 heavy (non-hydrogen) atoms. The number of allylic oxidation sites excluding steroid dienone is 1. The topological polar surface area (TPSA) is 57.2 Å². The summed E-state index contributed by atoms with van der Waals surface area (Å²) in [7, 11) is 3.29. The van der Waals surface area contributed by atoms with E-state index in [1.165, 1.54) is 0 Å². The van der Waals surface area contributed by atoms with Gasteiger partial charge in [-0.1, -0.05) is 18.2 Å². The van der Waals surface area contributed by atoms with Crippen LogP contribution in [0.2, 0.25) is 0 Å². The van der Waals surface area contributed by atoms with Crippen LogP contribution in [0.4, 0.5) is 0 Å². The van der Waals surface area contributed by atoms with Crippen molar-refractivity contribution in [2.45, 2.75) is 13.5 Å². The Kier molecular flexibility index (Phi) is 5.07. The molecule has 4 rings (SSSR count). The van der Waals surface area contributed by atoms with Crippen LogP contribution in [-0.2, 0) is 11.3 Å². The molecule has 2 aromatic rings. The Bertz CT molecular complexity index is 950. The molecule has 0 saturated carbocycles. The van der Waals surface area contributed by atoms with E-state index in [-0.39, 0.29) is 5.78 Å². The van der Waals surface area contributed by atoms with Gasteiger partial charge in [-0.2, -0.15) is 0 Å². The van der Waals surface area contributed by atoms with Crippen molar-refractivity contribution < 1.29 is 23.7 Å². The van der Waals surface area contributed by atoms with Gasteiger partial charge in [-0.15, -0.1) is 0 Å². The smallest absolute Gasteiger partial charge is 0.231 e. The standard InChI is InChI=1S/C22H23NO5/c1-14-21-16(12-23(13-27-21)8-9-25-2)10-17-20(24)19(28-22(14)17)11-15-6-4-5-7-18(15)26-3/h4-7,10-11H,8-9,12-13H2,1-3H3/b19-11-. The second-order valence-corrected chi connectivity index (χ2v) is 6.87. The second-order valence-electron chi connectivity index (χ2n) is 6.87. The Morgan fingerprint density at radius 1 is 1.21 bits per heavy atom. The third-order valence-corrected chi connectivity index (χ3v) is 5.04. The van der Waals surface area contributed by atoms with Gasteiger partial charge in [-0.3, -0.25) is 9.69 Å². The highest BCUT2D eigenvalue weighted by molar-refractivity contribution is 6.15. The number of ether oxygens (including phenoxy) is 4. The third-order valence-electron chi connectivity index (χ3n) is 5.04. The van der Waals surface area contributed by atoms with Crippen LogP contribution in [0.25, 0.3) is 6.08 Å². The number of benzene rings is 2. The molecule has 0 radical (unpaired) electrons. The summed E-state index contributed by atoms with van der Waals surface area (Å²) in [5, 5.41) is 0. The largest absolute Gasteiger partial charge is 0.496 e. The van der Waals surface area contributed by atoms with Crippen molar-refractivity contribution >= 4 is 11.9 Å². The van der Waals surface area contributed by atoms with Crippen molar-refractivity contribution in [3.8, 4) is 17.2 Å². The number of carbonyl (C=O) groups is 1. The van der Waals surface area contributed by atoms with Crippen molar-refractivity contribution in [3.05, 3.63) is 58.3 Å². The maximum atomic E-state index is 13.0. The summed E-state index contributed by atoms with van der Waals surface area (Å²) in [6.45, 7) is 4.55. The van der Waals surface area contributed by atoms with E-state index in [1.54, 1.807) is 20.3 Å². The number of methoxy groups -OCH3 is 2. The van der Waals surface area contributed by atoms with Gasteiger partial charge in [0.2, 0.25) is 5.78 Å². The summed E-state index contributed by atoms with van der Waals surface area (Å²) in [4.78, 5) is 15.1. The van der Waals surface area contributed by atoms with E-state index in [0.717, 1.165) is 29.0 Å². The molecule has 0 N–H and O–H groups in total. The molecule has 0 atom stereocenters. The maximum Gasteiger partial charge on any atom is 0.231 e. The number of ketones is 1. The molecule has 0 bridgehead atoms. The first-order valence-electron chi connectivity index (χ1n) is 9.20. The molecule has 2 heterocycles. The van der Waals surface area contributed by atoms with Gasteiger partial charge in [0, 0.05) is 36.9 Å². The van der Waals surface area contributed by atoms with Crippen LogP contribution in [0.1, 0.15) is 27.0 Å². The molecule has 2 aliphatic heterocycles. The van der Waals surface area contributed by atoms with Crippen molar-refractivity contribution in [1.82, 2.24) is 4.90 Å². The first-order valence-corrected chi connectivity index (χ1v) is 9.20. The molecule has 0 aliphatic carbocycles. The number of rotatable bonds is 5. The fourth-order valence-corrected chi connectivity index (χ4v) is 3.59. The SMILES string of the molecule is COCCN1COc2c(cc3c(c2C)O/C(=C\c2ccccc2OC)C3=O)C1. The molecule has 0 spiro atoms. The number of carbonyl (C=O) groups excluding carboxylic acids is 1. The van der Waals surface area contributed by atoms with Gasteiger partial charge in [0.15, 0.2) is 5.76 Å². The molecule has 0 saturated heterocycles. The van der Waals surface area contributed by atoms with Gasteiger partial charge < -0.3 is 18.9 Å². The number of para-hydroxylation sites is 1. The van der Waals surface area contributed by atoms with Crippen LogP contribution >= 0.6 is 0 Å². The average molecular weight is 381 g/mol. The van der Waals surface area contributed by atoms with E-state index in [2.05, 4.69) is 4.90 Å². The number of hydrogen-bond donors (Lipinski definition) is 0. The minimum atomic E-state index is -0.124. The fraction of sp³-hybridized carbons (Fsp3) is 0.318. The molecule has 0 amide bonds. The minimum Gasteiger partial charge on any atom is -0.496 e. The lowest BCUT2D eigenvalue weighted by molar-refractivity contribution is 0.0649. The Morgan fingerprint density at radius 2 is 2.04 bits per heavy atom. The van der Waals surface area contributed by atoms with Crippen molar-refractivity contribution in [1.29, 1.82) is 0 Å². The predicted octanol–water partition coefficient (Wildman–Crippen LogP) is 3.42. The van der Waals surface area contributed by atoms with E-state index < -0.39 is 0 Å². The Morgan fingerprint density at radius 3 is 2.82 bits per heavy atom. The Labute approximate surface area is 164 Å². The predicted molar refractivity (Wildman–Crippen MR) is 105 cm³/mol. The van der Waals surface area contributed by atoms with Crippen LogP contribution in [-0.4, -0.2) is 44.8 Å². The van der Waals surface area contributed by atoms with Crippen LogP contribution in [0.15, 0.2) is 36.1 Å². The molecular formula is C22H23NO5. The van der Waals surface area contributed by atoms with Gasteiger partial charge in [-0.25, -0.2) is 0 Å². The summed E-state index contributed by atoms with van der Waals surface area (Å²) >= 11 is 0. The molecular weight excluding hydrogens is 358 g/mol. The molecule has 2 aliphatic rings. The molecule has 0 fully saturated rings. The maximum absolute atomic E-state index is 13.0. The van der Waals surface area contributed by atoms with Gasteiger partial charge in [0.25, 0.3) is 0 Å². The highest BCUT2D eigenvalue weighted by Crippen LogP contribution is 2.43. The van der Waals surface area contributed by atoms with Crippen LogP contribution in [0.5, 0.6) is 17.2 Å². The summed E-state index contributed by atoms with van der Waals surface area (Å²) in [5.41, 5.74) is 3.23. The number of Topliss-reactive ketones (excluding diaryl/α,β-unsaturated/α-hetero) is 1. The van der Waals surface area contributed by atoms with Gasteiger partial charge in [0.05, 0.1) is 19.3 Å². The quantitative estimate of drug-likeness (QED) is 0.740. The van der Waals surface area contributed by atoms with Gasteiger partial charge in [-0.05, 0) is 25.1 Å². The molecule has 0 unspecified atom stereocenters. The van der Waals surface area contributed by atoms with Crippen LogP contribution < -0.4 is 14.2 Å². The molecule has 6 heteroatoms. The Hall–Kier alpha value is -2.83. The lowest BCUT2D eigenvalue weighted by Gasteiger charge is -2.30.